The molecule has 1 heterocycles. The van der Waals surface area contributed by atoms with E-state index in [4.69, 9.17) is 0 Å². The number of H-pyrrole nitrogens is 1. The van der Waals surface area contributed by atoms with Crippen LogP contribution in [0.15, 0.2) is 12.5 Å². The van der Waals surface area contributed by atoms with E-state index in [2.05, 4.69) is 31.1 Å². The molecule has 3 heteroatoms. The Labute approximate surface area is 61.3 Å². The lowest BCUT2D eigenvalue weighted by Gasteiger charge is -2.22. The van der Waals surface area contributed by atoms with Crippen molar-refractivity contribution in [2.24, 2.45) is 0 Å². The smallest absolute Gasteiger partial charge is 0.120 e. The normalized spacial score (nSPS) is 11.9. The molecule has 0 aliphatic carbocycles. The van der Waals surface area contributed by atoms with Crippen LogP contribution >= 0.6 is 0 Å². The molecular weight excluding hydrogens is 126 g/mol. The van der Waals surface area contributed by atoms with Crippen LogP contribution in [0.1, 0.15) is 5.69 Å². The van der Waals surface area contributed by atoms with Gasteiger partial charge in [-0.25, -0.2) is 4.98 Å². The van der Waals surface area contributed by atoms with Crippen molar-refractivity contribution in [3.8, 4) is 0 Å². The molecule has 0 aliphatic heterocycles. The van der Waals surface area contributed by atoms with Gasteiger partial charge in [-0.2, -0.15) is 0 Å². The summed E-state index contributed by atoms with van der Waals surface area (Å²) < 4.78 is 0.933. The SMILES string of the molecule is C[N+](C)(C)Cc1cnc[nH]1. The molecule has 0 unspecified atom stereocenters. The number of rotatable bonds is 2. The van der Waals surface area contributed by atoms with Gasteiger partial charge in [-0.05, 0) is 0 Å². The van der Waals surface area contributed by atoms with E-state index in [-0.39, 0.29) is 0 Å². The zero-order valence-electron chi connectivity index (χ0n) is 6.76. The van der Waals surface area contributed by atoms with Crippen molar-refractivity contribution in [2.45, 2.75) is 6.54 Å². The summed E-state index contributed by atoms with van der Waals surface area (Å²) in [6.07, 6.45) is 3.58. The van der Waals surface area contributed by atoms with E-state index >= 15 is 0 Å². The summed E-state index contributed by atoms with van der Waals surface area (Å²) in [6, 6.07) is 0. The second kappa shape index (κ2) is 2.42. The molecule has 0 saturated heterocycles. The number of nitrogens with one attached hydrogen (secondary N) is 1. The quantitative estimate of drug-likeness (QED) is 0.599. The Morgan fingerprint density at radius 1 is 1.50 bits per heavy atom. The number of hydrogen-bond donors (Lipinski definition) is 1. The van der Waals surface area contributed by atoms with E-state index in [9.17, 15) is 0 Å². The summed E-state index contributed by atoms with van der Waals surface area (Å²) in [4.78, 5) is 7.01. The Hall–Kier alpha value is -0.830. The maximum atomic E-state index is 3.94. The molecule has 1 aromatic heterocycles. The zero-order chi connectivity index (χ0) is 7.61. The Morgan fingerprint density at radius 2 is 2.20 bits per heavy atom. The largest absolute Gasteiger partial charge is 0.344 e. The van der Waals surface area contributed by atoms with E-state index in [1.54, 1.807) is 6.33 Å². The highest BCUT2D eigenvalue weighted by Crippen LogP contribution is 2.00. The molecule has 0 radical (unpaired) electrons. The molecule has 3 nitrogen and oxygen atoms in total. The molecule has 10 heavy (non-hydrogen) atoms. The van der Waals surface area contributed by atoms with E-state index < -0.39 is 0 Å². The fourth-order valence-corrected chi connectivity index (χ4v) is 0.882. The van der Waals surface area contributed by atoms with Gasteiger partial charge in [-0.15, -0.1) is 0 Å². The molecule has 0 aromatic carbocycles. The van der Waals surface area contributed by atoms with Gasteiger partial charge < -0.3 is 9.47 Å². The van der Waals surface area contributed by atoms with Crippen molar-refractivity contribution in [2.75, 3.05) is 21.1 Å². The second-order valence-corrected chi connectivity index (χ2v) is 3.53. The van der Waals surface area contributed by atoms with Crippen molar-refractivity contribution < 1.29 is 4.48 Å². The van der Waals surface area contributed by atoms with Gasteiger partial charge in [0.2, 0.25) is 0 Å². The number of aromatic amines is 1. The van der Waals surface area contributed by atoms with Crippen molar-refractivity contribution in [3.05, 3.63) is 18.2 Å². The molecule has 0 saturated carbocycles. The average molecular weight is 140 g/mol. The first kappa shape index (κ1) is 7.28. The van der Waals surface area contributed by atoms with Crippen LogP contribution in [0.2, 0.25) is 0 Å². The summed E-state index contributed by atoms with van der Waals surface area (Å²) in [5, 5.41) is 0. The molecule has 0 fully saturated rings. The maximum absolute atomic E-state index is 3.94. The number of quaternary nitrogens is 1. The fourth-order valence-electron chi connectivity index (χ4n) is 0.882. The van der Waals surface area contributed by atoms with Gasteiger partial charge in [0, 0.05) is 0 Å². The summed E-state index contributed by atoms with van der Waals surface area (Å²) in [7, 11) is 6.46. The first-order chi connectivity index (χ1) is 4.58. The summed E-state index contributed by atoms with van der Waals surface area (Å²) in [6.45, 7) is 1.00. The molecule has 1 rings (SSSR count). The second-order valence-electron chi connectivity index (χ2n) is 3.53. The van der Waals surface area contributed by atoms with E-state index in [0.717, 1.165) is 11.0 Å². The van der Waals surface area contributed by atoms with Crippen LogP contribution in [0, 0.1) is 0 Å². The predicted octanol–water partition coefficient (Wildman–Crippen LogP) is 0.616. The van der Waals surface area contributed by atoms with Gasteiger partial charge in [0.1, 0.15) is 6.54 Å². The molecule has 0 spiro atoms. The first-order valence-electron chi connectivity index (χ1n) is 3.36. The first-order valence-corrected chi connectivity index (χ1v) is 3.36. The highest BCUT2D eigenvalue weighted by Gasteiger charge is 2.08. The molecular formula is C7H14N3+. The third-order valence-electron chi connectivity index (χ3n) is 1.20. The minimum Gasteiger partial charge on any atom is -0.344 e. The monoisotopic (exact) mass is 140 g/mol. The Balaban J connectivity index is 2.57. The van der Waals surface area contributed by atoms with Crippen molar-refractivity contribution in [1.82, 2.24) is 9.97 Å². The van der Waals surface area contributed by atoms with Crippen LogP contribution in [0.5, 0.6) is 0 Å². The Bertz CT molecular complexity index is 183. The zero-order valence-corrected chi connectivity index (χ0v) is 6.76. The predicted molar refractivity (Wildman–Crippen MR) is 40.3 cm³/mol. The van der Waals surface area contributed by atoms with E-state index in [1.807, 2.05) is 6.20 Å². The standard InChI is InChI=1S/C7H14N3/c1-10(2,3)5-7-4-8-6-9-7/h4,6H,5H2,1-3H3,(H,8,9)/q+1. The summed E-state index contributed by atoms with van der Waals surface area (Å²) >= 11 is 0. The van der Waals surface area contributed by atoms with Crippen molar-refractivity contribution >= 4 is 0 Å². The minimum absolute atomic E-state index is 0.933. The molecule has 0 bridgehead atoms. The highest BCUT2D eigenvalue weighted by molar-refractivity contribution is 4.90. The third kappa shape index (κ3) is 2.19. The minimum atomic E-state index is 0.933. The van der Waals surface area contributed by atoms with Crippen LogP contribution in [-0.2, 0) is 6.54 Å². The number of hydrogen-bond acceptors (Lipinski definition) is 1. The average Bonchev–Trinajstić information content (AvgIpc) is 2.12. The molecule has 0 aliphatic rings. The highest BCUT2D eigenvalue weighted by atomic mass is 15.3. The van der Waals surface area contributed by atoms with Gasteiger partial charge in [-0.3, -0.25) is 0 Å². The maximum Gasteiger partial charge on any atom is 0.120 e. The lowest BCUT2D eigenvalue weighted by atomic mass is 10.4. The molecule has 0 atom stereocenters. The third-order valence-corrected chi connectivity index (χ3v) is 1.20. The van der Waals surface area contributed by atoms with Crippen LogP contribution in [0.3, 0.4) is 0 Å². The lowest BCUT2D eigenvalue weighted by Crippen LogP contribution is -2.33. The molecule has 1 aromatic rings. The topological polar surface area (TPSA) is 28.7 Å². The Kier molecular flexibility index (Phi) is 1.76. The van der Waals surface area contributed by atoms with Crippen molar-refractivity contribution in [1.29, 1.82) is 0 Å². The number of imidazole rings is 1. The van der Waals surface area contributed by atoms with Crippen LogP contribution in [0.25, 0.3) is 0 Å². The van der Waals surface area contributed by atoms with Crippen LogP contribution < -0.4 is 0 Å². The van der Waals surface area contributed by atoms with E-state index in [1.165, 1.54) is 5.69 Å². The van der Waals surface area contributed by atoms with Crippen LogP contribution in [-0.4, -0.2) is 35.6 Å². The van der Waals surface area contributed by atoms with E-state index in [0.29, 0.717) is 0 Å². The molecule has 0 amide bonds. The van der Waals surface area contributed by atoms with Gasteiger partial charge >= 0.3 is 0 Å². The Morgan fingerprint density at radius 3 is 2.60 bits per heavy atom. The number of nitrogens with zero attached hydrogens (tertiary/aromatic N) is 2. The van der Waals surface area contributed by atoms with Gasteiger partial charge in [-0.1, -0.05) is 0 Å². The lowest BCUT2D eigenvalue weighted by molar-refractivity contribution is -0.884. The fraction of sp³-hybridized carbons (Fsp3) is 0.571. The van der Waals surface area contributed by atoms with Gasteiger partial charge in [0.25, 0.3) is 0 Å². The van der Waals surface area contributed by atoms with Gasteiger partial charge in [0.15, 0.2) is 0 Å². The molecule has 56 valence electrons. The van der Waals surface area contributed by atoms with Crippen molar-refractivity contribution in [3.63, 3.8) is 0 Å². The molecule has 1 N–H and O–H groups in total. The summed E-state index contributed by atoms with van der Waals surface area (Å²) in [5.41, 5.74) is 1.19. The van der Waals surface area contributed by atoms with Crippen LogP contribution in [0.4, 0.5) is 0 Å². The summed E-state index contributed by atoms with van der Waals surface area (Å²) in [5.74, 6) is 0. The van der Waals surface area contributed by atoms with Gasteiger partial charge in [0.05, 0.1) is 39.4 Å². The number of aromatic nitrogens is 2.